The Bertz CT molecular complexity index is 930. The van der Waals surface area contributed by atoms with Crippen LogP contribution in [0, 0.1) is 6.92 Å². The highest BCUT2D eigenvalue weighted by molar-refractivity contribution is 5.98. The third-order valence-electron chi connectivity index (χ3n) is 3.58. The molecule has 2 aromatic heterocycles. The molecule has 0 saturated heterocycles. The van der Waals surface area contributed by atoms with E-state index in [0.717, 1.165) is 5.52 Å². The number of carbonyl (C=O) groups is 2. The first-order valence-corrected chi connectivity index (χ1v) is 7.76. The number of esters is 1. The zero-order chi connectivity index (χ0) is 18.0. The van der Waals surface area contributed by atoms with Crippen LogP contribution < -0.4 is 5.32 Å². The summed E-state index contributed by atoms with van der Waals surface area (Å²) >= 11 is 0. The van der Waals surface area contributed by atoms with E-state index >= 15 is 0 Å². The Hall–Kier alpha value is -3.23. The molecule has 9 heteroatoms. The van der Waals surface area contributed by atoms with Crippen LogP contribution in [0.3, 0.4) is 0 Å². The predicted octanol–water partition coefficient (Wildman–Crippen LogP) is 1.93. The Morgan fingerprint density at radius 3 is 2.84 bits per heavy atom. The van der Waals surface area contributed by atoms with E-state index < -0.39 is 18.0 Å². The number of amides is 1. The number of rotatable bonds is 5. The van der Waals surface area contributed by atoms with Crippen LogP contribution in [0.5, 0.6) is 0 Å². The van der Waals surface area contributed by atoms with Gasteiger partial charge in [0.15, 0.2) is 6.10 Å². The number of aryl methyl sites for hydroxylation is 2. The molecule has 25 heavy (non-hydrogen) atoms. The van der Waals surface area contributed by atoms with Crippen molar-refractivity contribution in [3.05, 3.63) is 35.5 Å². The highest BCUT2D eigenvalue weighted by atomic mass is 16.5. The summed E-state index contributed by atoms with van der Waals surface area (Å²) in [6.07, 6.45) is -1.00. The van der Waals surface area contributed by atoms with E-state index in [2.05, 4.69) is 20.8 Å². The molecule has 2 heterocycles. The number of hydrogen-bond acceptors (Lipinski definition) is 7. The number of aromatic nitrogens is 4. The van der Waals surface area contributed by atoms with Gasteiger partial charge in [-0.3, -0.25) is 10.1 Å². The highest BCUT2D eigenvalue weighted by Crippen LogP contribution is 2.15. The average Bonchev–Trinajstić information content (AvgIpc) is 3.19. The number of fused-ring (bicyclic) bond motifs is 1. The van der Waals surface area contributed by atoms with Crippen LogP contribution in [-0.4, -0.2) is 38.1 Å². The van der Waals surface area contributed by atoms with Crippen LogP contribution in [0.15, 0.2) is 28.8 Å². The SMILES string of the molecule is CCn1nnc2cc(C(=O)O[C@H](C)C(=O)Nc3cc(C)no3)ccc21. The molecule has 0 unspecified atom stereocenters. The minimum atomic E-state index is -1.00. The summed E-state index contributed by atoms with van der Waals surface area (Å²) in [5.41, 5.74) is 2.34. The molecular weight excluding hydrogens is 326 g/mol. The molecule has 1 aromatic carbocycles. The van der Waals surface area contributed by atoms with Gasteiger partial charge in [-0.1, -0.05) is 10.4 Å². The van der Waals surface area contributed by atoms with E-state index in [1.54, 1.807) is 35.9 Å². The van der Waals surface area contributed by atoms with Crippen molar-refractivity contribution in [3.8, 4) is 0 Å². The summed E-state index contributed by atoms with van der Waals surface area (Å²) < 4.78 is 11.8. The summed E-state index contributed by atoms with van der Waals surface area (Å²) in [7, 11) is 0. The first-order valence-electron chi connectivity index (χ1n) is 7.76. The number of ether oxygens (including phenoxy) is 1. The van der Waals surface area contributed by atoms with E-state index in [1.807, 2.05) is 6.92 Å². The van der Waals surface area contributed by atoms with Gasteiger partial charge in [0, 0.05) is 12.6 Å². The Morgan fingerprint density at radius 2 is 2.16 bits per heavy atom. The minimum Gasteiger partial charge on any atom is -0.449 e. The molecular formula is C16H17N5O4. The molecule has 0 aliphatic carbocycles. The van der Waals surface area contributed by atoms with Crippen LogP contribution in [0.25, 0.3) is 11.0 Å². The molecule has 1 atom stereocenters. The first-order chi connectivity index (χ1) is 12.0. The van der Waals surface area contributed by atoms with E-state index in [9.17, 15) is 9.59 Å². The molecule has 1 amide bonds. The molecule has 3 rings (SSSR count). The third-order valence-corrected chi connectivity index (χ3v) is 3.58. The zero-order valence-corrected chi connectivity index (χ0v) is 14.0. The lowest BCUT2D eigenvalue weighted by atomic mass is 10.2. The van der Waals surface area contributed by atoms with Gasteiger partial charge in [0.05, 0.1) is 16.8 Å². The summed E-state index contributed by atoms with van der Waals surface area (Å²) in [5, 5.41) is 14.1. The average molecular weight is 343 g/mol. The normalized spacial score (nSPS) is 12.1. The number of carbonyl (C=O) groups excluding carboxylic acids is 2. The van der Waals surface area contributed by atoms with Gasteiger partial charge in [0.2, 0.25) is 5.88 Å². The number of benzene rings is 1. The van der Waals surface area contributed by atoms with Crippen molar-refractivity contribution in [2.75, 3.05) is 5.32 Å². The van der Waals surface area contributed by atoms with Gasteiger partial charge in [0.25, 0.3) is 5.91 Å². The van der Waals surface area contributed by atoms with Crippen LogP contribution in [-0.2, 0) is 16.1 Å². The van der Waals surface area contributed by atoms with Crippen LogP contribution >= 0.6 is 0 Å². The largest absolute Gasteiger partial charge is 0.449 e. The summed E-state index contributed by atoms with van der Waals surface area (Å²) in [5.74, 6) is -0.935. The standard InChI is InChI=1S/C16H17N5O4/c1-4-21-13-6-5-11(8-12(13)18-20-21)16(23)24-10(3)15(22)17-14-7-9(2)19-25-14/h5-8,10H,4H2,1-3H3,(H,17,22)/t10-/m1/s1. The van der Waals surface area contributed by atoms with Crippen molar-refractivity contribution in [2.24, 2.45) is 0 Å². The van der Waals surface area contributed by atoms with Crippen LogP contribution in [0.1, 0.15) is 29.9 Å². The number of hydrogen-bond donors (Lipinski definition) is 1. The molecule has 0 aliphatic heterocycles. The maximum Gasteiger partial charge on any atom is 0.338 e. The second-order valence-corrected chi connectivity index (χ2v) is 5.48. The molecule has 0 saturated carbocycles. The highest BCUT2D eigenvalue weighted by Gasteiger charge is 2.21. The number of anilines is 1. The van der Waals surface area contributed by atoms with Crippen molar-refractivity contribution in [1.82, 2.24) is 20.2 Å². The quantitative estimate of drug-likeness (QED) is 0.704. The Balaban J connectivity index is 1.67. The smallest absolute Gasteiger partial charge is 0.338 e. The van der Waals surface area contributed by atoms with E-state index in [4.69, 9.17) is 9.26 Å². The Morgan fingerprint density at radius 1 is 1.36 bits per heavy atom. The van der Waals surface area contributed by atoms with Gasteiger partial charge in [-0.2, -0.15) is 0 Å². The molecule has 1 N–H and O–H groups in total. The van der Waals surface area contributed by atoms with E-state index in [-0.39, 0.29) is 5.88 Å². The van der Waals surface area contributed by atoms with E-state index in [0.29, 0.717) is 23.3 Å². The fourth-order valence-corrected chi connectivity index (χ4v) is 2.26. The molecule has 9 nitrogen and oxygen atoms in total. The van der Waals surface area contributed by atoms with Gasteiger partial charge in [0.1, 0.15) is 5.52 Å². The van der Waals surface area contributed by atoms with Gasteiger partial charge in [-0.05, 0) is 39.0 Å². The Labute approximate surface area is 142 Å². The minimum absolute atomic E-state index is 0.197. The van der Waals surface area contributed by atoms with Crippen molar-refractivity contribution in [1.29, 1.82) is 0 Å². The lowest BCUT2D eigenvalue weighted by Crippen LogP contribution is -2.29. The second kappa shape index (κ2) is 6.71. The van der Waals surface area contributed by atoms with E-state index in [1.165, 1.54) is 6.92 Å². The Kier molecular flexibility index (Phi) is 4.46. The summed E-state index contributed by atoms with van der Waals surface area (Å²) in [4.78, 5) is 24.3. The second-order valence-electron chi connectivity index (χ2n) is 5.48. The fraction of sp³-hybridized carbons (Fsp3) is 0.312. The molecule has 0 aliphatic rings. The lowest BCUT2D eigenvalue weighted by Gasteiger charge is -2.12. The monoisotopic (exact) mass is 343 g/mol. The molecule has 3 aromatic rings. The topological polar surface area (TPSA) is 112 Å². The van der Waals surface area contributed by atoms with Gasteiger partial charge in [-0.15, -0.1) is 5.10 Å². The number of nitrogens with one attached hydrogen (secondary N) is 1. The zero-order valence-electron chi connectivity index (χ0n) is 14.0. The van der Waals surface area contributed by atoms with Crippen LogP contribution in [0.4, 0.5) is 5.88 Å². The molecule has 0 bridgehead atoms. The maximum absolute atomic E-state index is 12.2. The van der Waals surface area contributed by atoms with Crippen molar-refractivity contribution in [2.45, 2.75) is 33.4 Å². The van der Waals surface area contributed by atoms with Gasteiger partial charge >= 0.3 is 5.97 Å². The lowest BCUT2D eigenvalue weighted by molar-refractivity contribution is -0.123. The molecule has 0 fully saturated rings. The fourth-order valence-electron chi connectivity index (χ4n) is 2.26. The summed E-state index contributed by atoms with van der Waals surface area (Å²) in [6.45, 7) is 5.83. The molecule has 0 spiro atoms. The van der Waals surface area contributed by atoms with Crippen molar-refractivity contribution >= 4 is 28.8 Å². The van der Waals surface area contributed by atoms with Gasteiger partial charge < -0.3 is 9.26 Å². The maximum atomic E-state index is 12.2. The molecule has 0 radical (unpaired) electrons. The first kappa shape index (κ1) is 16.6. The van der Waals surface area contributed by atoms with Gasteiger partial charge in [-0.25, -0.2) is 9.48 Å². The third kappa shape index (κ3) is 3.49. The summed E-state index contributed by atoms with van der Waals surface area (Å²) in [6, 6.07) is 6.51. The molecule has 130 valence electrons. The number of nitrogens with zero attached hydrogens (tertiary/aromatic N) is 4. The van der Waals surface area contributed by atoms with Crippen molar-refractivity contribution < 1.29 is 18.8 Å². The van der Waals surface area contributed by atoms with Crippen molar-refractivity contribution in [3.63, 3.8) is 0 Å². The predicted molar refractivity (Wildman–Crippen MR) is 87.9 cm³/mol. The van der Waals surface area contributed by atoms with Crippen LogP contribution in [0.2, 0.25) is 0 Å².